The fraction of sp³-hybridized carbons (Fsp3) is 0.714. The lowest BCUT2D eigenvalue weighted by atomic mass is 9.54. The molecule has 92 valence electrons. The van der Waals surface area contributed by atoms with E-state index >= 15 is 0 Å². The molecule has 1 N–H and O–H groups in total. The standard InChI is InChI=1S/C14H20N2O/c1-5-14-8-10(15-4)12(17)13(2,3)11(14)6-7-16-9-14/h8,11,16H,5-7,9H2,1-3H3/t11-,14+/m0/s1. The molecule has 1 aliphatic heterocycles. The molecule has 0 spiro atoms. The predicted molar refractivity (Wildman–Crippen MR) is 67.2 cm³/mol. The number of carbonyl (C=O) groups is 1. The van der Waals surface area contributed by atoms with Crippen molar-refractivity contribution < 1.29 is 4.79 Å². The van der Waals surface area contributed by atoms with Crippen molar-refractivity contribution in [1.82, 2.24) is 5.32 Å². The number of ketones is 1. The van der Waals surface area contributed by atoms with E-state index in [0.717, 1.165) is 25.9 Å². The fourth-order valence-corrected chi connectivity index (χ4v) is 3.59. The van der Waals surface area contributed by atoms with E-state index in [9.17, 15) is 4.79 Å². The summed E-state index contributed by atoms with van der Waals surface area (Å²) in [6, 6.07) is 0. The van der Waals surface area contributed by atoms with Crippen molar-refractivity contribution in [1.29, 1.82) is 0 Å². The van der Waals surface area contributed by atoms with Crippen LogP contribution in [0.4, 0.5) is 0 Å². The van der Waals surface area contributed by atoms with Crippen LogP contribution in [0.15, 0.2) is 11.8 Å². The van der Waals surface area contributed by atoms with E-state index in [1.54, 1.807) is 0 Å². The molecule has 1 saturated heterocycles. The number of carbonyl (C=O) groups excluding carboxylic acids is 1. The van der Waals surface area contributed by atoms with Crippen LogP contribution < -0.4 is 5.32 Å². The van der Waals surface area contributed by atoms with Gasteiger partial charge in [-0.1, -0.05) is 26.8 Å². The van der Waals surface area contributed by atoms with Crippen molar-refractivity contribution in [2.75, 3.05) is 13.1 Å². The first-order valence-electron chi connectivity index (χ1n) is 6.34. The summed E-state index contributed by atoms with van der Waals surface area (Å²) in [6.45, 7) is 15.2. The Morgan fingerprint density at radius 1 is 1.59 bits per heavy atom. The summed E-state index contributed by atoms with van der Waals surface area (Å²) in [4.78, 5) is 15.7. The number of nitrogens with one attached hydrogen (secondary N) is 1. The Labute approximate surface area is 103 Å². The quantitative estimate of drug-likeness (QED) is 0.704. The molecule has 2 aliphatic rings. The molecule has 0 radical (unpaired) electrons. The summed E-state index contributed by atoms with van der Waals surface area (Å²) in [5.41, 5.74) is -0.0563. The lowest BCUT2D eigenvalue weighted by molar-refractivity contribution is -0.131. The number of allylic oxidation sites excluding steroid dienone is 1. The number of hydrogen-bond donors (Lipinski definition) is 1. The maximum absolute atomic E-state index is 12.3. The average Bonchev–Trinajstić information content (AvgIpc) is 2.34. The van der Waals surface area contributed by atoms with E-state index in [2.05, 4.69) is 17.1 Å². The molecule has 1 fully saturated rings. The highest BCUT2D eigenvalue weighted by Crippen LogP contribution is 2.52. The number of nitrogens with zero attached hydrogens (tertiary/aromatic N) is 1. The van der Waals surface area contributed by atoms with E-state index in [1.165, 1.54) is 0 Å². The van der Waals surface area contributed by atoms with Crippen molar-refractivity contribution in [2.45, 2.75) is 33.6 Å². The minimum absolute atomic E-state index is 0.00442. The van der Waals surface area contributed by atoms with Crippen LogP contribution in [0.25, 0.3) is 4.85 Å². The third kappa shape index (κ3) is 1.63. The minimum Gasteiger partial charge on any atom is -0.316 e. The van der Waals surface area contributed by atoms with Crippen molar-refractivity contribution in [3.05, 3.63) is 23.2 Å². The first-order valence-corrected chi connectivity index (χ1v) is 6.34. The first-order chi connectivity index (χ1) is 7.98. The minimum atomic E-state index is -0.396. The van der Waals surface area contributed by atoms with E-state index in [0.29, 0.717) is 11.6 Å². The summed E-state index contributed by atoms with van der Waals surface area (Å²) in [5.74, 6) is 0.391. The lowest BCUT2D eigenvalue weighted by Gasteiger charge is -2.52. The van der Waals surface area contributed by atoms with Crippen LogP contribution in [0.2, 0.25) is 0 Å². The van der Waals surface area contributed by atoms with Gasteiger partial charge in [-0.15, -0.1) is 0 Å². The Morgan fingerprint density at radius 3 is 2.88 bits per heavy atom. The molecular formula is C14H20N2O. The molecule has 2 atom stereocenters. The molecule has 3 heteroatoms. The number of fused-ring (bicyclic) bond motifs is 1. The third-order valence-electron chi connectivity index (χ3n) is 4.65. The molecule has 0 amide bonds. The topological polar surface area (TPSA) is 33.5 Å². The van der Waals surface area contributed by atoms with Gasteiger partial charge in [0.25, 0.3) is 0 Å². The molecule has 0 saturated carbocycles. The molecule has 1 heterocycles. The zero-order valence-corrected chi connectivity index (χ0v) is 10.8. The number of piperidine rings is 1. The fourth-order valence-electron chi connectivity index (χ4n) is 3.59. The number of hydrogen-bond acceptors (Lipinski definition) is 2. The molecule has 3 nitrogen and oxygen atoms in total. The van der Waals surface area contributed by atoms with Crippen LogP contribution >= 0.6 is 0 Å². The maximum Gasteiger partial charge on any atom is 0.226 e. The van der Waals surface area contributed by atoms with Gasteiger partial charge in [-0.2, -0.15) is 0 Å². The molecule has 17 heavy (non-hydrogen) atoms. The molecule has 0 aromatic carbocycles. The Hall–Kier alpha value is -1.14. The summed E-state index contributed by atoms with van der Waals surface area (Å²) >= 11 is 0. The number of Topliss-reactive ketones (excluding diaryl/α,β-unsaturated/α-hetero) is 1. The van der Waals surface area contributed by atoms with Gasteiger partial charge >= 0.3 is 0 Å². The highest BCUT2D eigenvalue weighted by atomic mass is 16.1. The van der Waals surface area contributed by atoms with Gasteiger partial charge in [-0.25, -0.2) is 4.85 Å². The van der Waals surface area contributed by atoms with Crippen molar-refractivity contribution >= 4 is 5.78 Å². The second kappa shape index (κ2) is 3.96. The van der Waals surface area contributed by atoms with Gasteiger partial charge in [-0.05, 0) is 30.7 Å². The molecule has 1 aliphatic carbocycles. The summed E-state index contributed by atoms with van der Waals surface area (Å²) < 4.78 is 0. The zero-order valence-electron chi connectivity index (χ0n) is 10.8. The summed E-state index contributed by atoms with van der Waals surface area (Å²) in [5, 5.41) is 3.41. The second-order valence-electron chi connectivity index (χ2n) is 5.80. The third-order valence-corrected chi connectivity index (χ3v) is 4.65. The van der Waals surface area contributed by atoms with Crippen LogP contribution in [-0.4, -0.2) is 18.9 Å². The Bertz CT molecular complexity index is 416. The predicted octanol–water partition coefficient (Wildman–Crippen LogP) is 2.40. The Kier molecular flexibility index (Phi) is 2.87. The van der Waals surface area contributed by atoms with E-state index in [1.807, 2.05) is 19.9 Å². The van der Waals surface area contributed by atoms with Gasteiger partial charge in [0, 0.05) is 12.0 Å². The van der Waals surface area contributed by atoms with Gasteiger partial charge in [-0.3, -0.25) is 0 Å². The SMILES string of the molecule is [C-]#[N+]C1=C[C@]2(CC)CNCC[C@H]2C(C)(C)C1=O. The molecule has 0 bridgehead atoms. The normalized spacial score (nSPS) is 35.8. The van der Waals surface area contributed by atoms with E-state index in [-0.39, 0.29) is 11.2 Å². The zero-order chi connectivity index (χ0) is 12.7. The van der Waals surface area contributed by atoms with Crippen LogP contribution in [0.1, 0.15) is 33.6 Å². The molecule has 0 aromatic rings. The highest BCUT2D eigenvalue weighted by Gasteiger charge is 2.53. The van der Waals surface area contributed by atoms with E-state index in [4.69, 9.17) is 6.57 Å². The van der Waals surface area contributed by atoms with Crippen molar-refractivity contribution in [3.8, 4) is 0 Å². The Morgan fingerprint density at radius 2 is 2.29 bits per heavy atom. The summed E-state index contributed by atoms with van der Waals surface area (Å²) in [6.07, 6.45) is 3.96. The van der Waals surface area contributed by atoms with Crippen LogP contribution in [-0.2, 0) is 4.79 Å². The molecular weight excluding hydrogens is 212 g/mol. The van der Waals surface area contributed by atoms with Crippen LogP contribution in [0.3, 0.4) is 0 Å². The lowest BCUT2D eigenvalue weighted by Crippen LogP contribution is -2.55. The molecule has 0 unspecified atom stereocenters. The van der Waals surface area contributed by atoms with Crippen LogP contribution in [0.5, 0.6) is 0 Å². The first kappa shape index (κ1) is 12.3. The number of rotatable bonds is 1. The molecule has 0 aromatic heterocycles. The molecule has 2 rings (SSSR count). The van der Waals surface area contributed by atoms with Gasteiger partial charge in [0.2, 0.25) is 5.70 Å². The second-order valence-corrected chi connectivity index (χ2v) is 5.80. The van der Waals surface area contributed by atoms with Gasteiger partial charge in [0.15, 0.2) is 5.78 Å². The van der Waals surface area contributed by atoms with E-state index < -0.39 is 5.41 Å². The highest BCUT2D eigenvalue weighted by molar-refractivity contribution is 6.02. The largest absolute Gasteiger partial charge is 0.316 e. The van der Waals surface area contributed by atoms with Crippen LogP contribution in [0, 0.1) is 23.3 Å². The maximum atomic E-state index is 12.3. The van der Waals surface area contributed by atoms with Crippen molar-refractivity contribution in [3.63, 3.8) is 0 Å². The van der Waals surface area contributed by atoms with Gasteiger partial charge in [0.05, 0.1) is 6.57 Å². The smallest absolute Gasteiger partial charge is 0.226 e. The van der Waals surface area contributed by atoms with Gasteiger partial charge in [0.1, 0.15) is 0 Å². The monoisotopic (exact) mass is 232 g/mol. The van der Waals surface area contributed by atoms with Crippen molar-refractivity contribution in [2.24, 2.45) is 16.7 Å². The van der Waals surface area contributed by atoms with Gasteiger partial charge < -0.3 is 10.1 Å². The Balaban J connectivity index is 2.56. The average molecular weight is 232 g/mol. The summed E-state index contributed by atoms with van der Waals surface area (Å²) in [7, 11) is 0.